The third-order valence-corrected chi connectivity index (χ3v) is 10.8. The number of nitrogens with zero attached hydrogens (tertiary/aromatic N) is 2. The highest BCUT2D eigenvalue weighted by atomic mass is 16.5. The molecule has 0 amide bonds. The van der Waals surface area contributed by atoms with E-state index in [4.69, 9.17) is 9.47 Å². The van der Waals surface area contributed by atoms with Gasteiger partial charge in [0.1, 0.15) is 0 Å². The molecule has 0 unspecified atom stereocenters. The highest BCUT2D eigenvalue weighted by Crippen LogP contribution is 2.48. The molecule has 6 aliphatic rings. The van der Waals surface area contributed by atoms with Crippen molar-refractivity contribution in [1.82, 2.24) is 9.80 Å². The van der Waals surface area contributed by atoms with Gasteiger partial charge in [0.15, 0.2) is 0 Å². The molecule has 2 aliphatic carbocycles. The third kappa shape index (κ3) is 10.0. The Kier molecular flexibility index (Phi) is 15.2. The molecule has 4 saturated heterocycles. The van der Waals surface area contributed by atoms with E-state index in [0.29, 0.717) is 10.8 Å². The van der Waals surface area contributed by atoms with E-state index >= 15 is 0 Å². The largest absolute Gasteiger partial charge is 0.381 e. The molecule has 0 aromatic heterocycles. The molecule has 38 heavy (non-hydrogen) atoms. The molecule has 4 heteroatoms. The molecule has 6 fully saturated rings. The molecule has 4 heterocycles. The zero-order valence-corrected chi connectivity index (χ0v) is 27.2. The maximum atomic E-state index is 5.46. The van der Waals surface area contributed by atoms with E-state index in [9.17, 15) is 0 Å². The van der Waals surface area contributed by atoms with Crippen LogP contribution in [0.25, 0.3) is 0 Å². The van der Waals surface area contributed by atoms with E-state index in [1.807, 2.05) is 27.7 Å². The fourth-order valence-electron chi connectivity index (χ4n) is 7.14. The highest BCUT2D eigenvalue weighted by molar-refractivity contribution is 4.92. The first-order chi connectivity index (χ1) is 18.3. The van der Waals surface area contributed by atoms with Crippen LogP contribution in [-0.4, -0.2) is 75.5 Å². The van der Waals surface area contributed by atoms with E-state index < -0.39 is 0 Å². The molecular weight excluding hydrogens is 468 g/mol. The van der Waals surface area contributed by atoms with E-state index in [1.165, 1.54) is 110 Å². The predicted octanol–water partition coefficient (Wildman–Crippen LogP) is 8.44. The van der Waals surface area contributed by atoms with Crippen LogP contribution in [0.5, 0.6) is 0 Å². The Morgan fingerprint density at radius 2 is 1.08 bits per heavy atom. The first-order valence-corrected chi connectivity index (χ1v) is 16.9. The number of hydrogen-bond acceptors (Lipinski definition) is 4. The van der Waals surface area contributed by atoms with Crippen molar-refractivity contribution >= 4 is 0 Å². The molecule has 0 radical (unpaired) electrons. The summed E-state index contributed by atoms with van der Waals surface area (Å²) in [6, 6.07) is 0.729. The standard InChI is InChI=1S/C12H23NO.C9H17N.C9H16O.2C2H6/c1-11(2)13-7-3-12(4-8-13)5-9-14-10-6-12;1-10-7-5-9(6-8-10)3-2-4-9;1-8-2-4-9(5-3-8)6-10-7-9;2*1-2/h11H,3-10H2,1-2H3;2-8H2,1H3;8H,2-7H2,1H3;2*1-2H3. The van der Waals surface area contributed by atoms with Gasteiger partial charge in [-0.1, -0.05) is 53.9 Å². The zero-order chi connectivity index (χ0) is 28.1. The van der Waals surface area contributed by atoms with Gasteiger partial charge < -0.3 is 19.3 Å². The smallest absolute Gasteiger partial charge is 0.0544 e. The Morgan fingerprint density at radius 3 is 1.47 bits per heavy atom. The lowest BCUT2D eigenvalue weighted by Gasteiger charge is -2.47. The van der Waals surface area contributed by atoms with E-state index in [-0.39, 0.29) is 0 Å². The zero-order valence-electron chi connectivity index (χ0n) is 27.2. The van der Waals surface area contributed by atoms with E-state index in [0.717, 1.165) is 43.8 Å². The first-order valence-electron chi connectivity index (χ1n) is 16.9. The minimum Gasteiger partial charge on any atom is -0.381 e. The summed E-state index contributed by atoms with van der Waals surface area (Å²) in [6.45, 7) is 24.4. The number of piperidine rings is 2. The Balaban J connectivity index is 0.000000191. The van der Waals surface area contributed by atoms with Gasteiger partial charge >= 0.3 is 0 Å². The van der Waals surface area contributed by atoms with Crippen molar-refractivity contribution in [3.8, 4) is 0 Å². The third-order valence-electron chi connectivity index (χ3n) is 10.8. The summed E-state index contributed by atoms with van der Waals surface area (Å²) in [5.41, 5.74) is 2.16. The van der Waals surface area contributed by atoms with Crippen molar-refractivity contribution in [3.63, 3.8) is 0 Å². The summed E-state index contributed by atoms with van der Waals surface area (Å²) in [4.78, 5) is 5.07. The number of rotatable bonds is 1. The normalized spacial score (nSPS) is 27.7. The molecular formula is C34H68N2O2. The second-order valence-corrected chi connectivity index (χ2v) is 13.6. The van der Waals surface area contributed by atoms with Crippen molar-refractivity contribution < 1.29 is 9.47 Å². The van der Waals surface area contributed by atoms with Gasteiger partial charge in [0, 0.05) is 24.7 Å². The lowest BCUT2D eigenvalue weighted by molar-refractivity contribution is -0.135. The minimum atomic E-state index is 0.656. The van der Waals surface area contributed by atoms with Gasteiger partial charge in [0.05, 0.1) is 13.2 Å². The Bertz CT molecular complexity index is 546. The van der Waals surface area contributed by atoms with Crippen LogP contribution in [0.4, 0.5) is 0 Å². The van der Waals surface area contributed by atoms with Gasteiger partial charge in [-0.25, -0.2) is 0 Å². The molecule has 226 valence electrons. The van der Waals surface area contributed by atoms with Gasteiger partial charge in [-0.3, -0.25) is 0 Å². The van der Waals surface area contributed by atoms with E-state index in [2.05, 4.69) is 37.6 Å². The van der Waals surface area contributed by atoms with Crippen LogP contribution in [0.1, 0.15) is 132 Å². The van der Waals surface area contributed by atoms with Crippen molar-refractivity contribution in [2.24, 2.45) is 22.2 Å². The molecule has 0 atom stereocenters. The summed E-state index contributed by atoms with van der Waals surface area (Å²) in [6.07, 6.45) is 18.6. The fraction of sp³-hybridized carbons (Fsp3) is 1.00. The number of ether oxygens (including phenoxy) is 2. The molecule has 4 aliphatic heterocycles. The van der Waals surface area contributed by atoms with Crippen LogP contribution in [0.15, 0.2) is 0 Å². The van der Waals surface area contributed by atoms with Crippen molar-refractivity contribution in [3.05, 3.63) is 0 Å². The minimum absolute atomic E-state index is 0.656. The molecule has 0 N–H and O–H groups in total. The van der Waals surface area contributed by atoms with Crippen LogP contribution in [0, 0.1) is 22.2 Å². The fourth-order valence-corrected chi connectivity index (χ4v) is 7.14. The van der Waals surface area contributed by atoms with Crippen LogP contribution in [-0.2, 0) is 9.47 Å². The second-order valence-electron chi connectivity index (χ2n) is 13.6. The molecule has 6 rings (SSSR count). The second kappa shape index (κ2) is 16.9. The van der Waals surface area contributed by atoms with Gasteiger partial charge in [-0.15, -0.1) is 0 Å². The molecule has 3 spiro atoms. The van der Waals surface area contributed by atoms with Crippen molar-refractivity contribution in [1.29, 1.82) is 0 Å². The summed E-state index contributed by atoms with van der Waals surface area (Å²) >= 11 is 0. The summed E-state index contributed by atoms with van der Waals surface area (Å²) < 4.78 is 10.7. The Morgan fingerprint density at radius 1 is 0.605 bits per heavy atom. The van der Waals surface area contributed by atoms with Crippen LogP contribution in [0.3, 0.4) is 0 Å². The van der Waals surface area contributed by atoms with Gasteiger partial charge in [-0.2, -0.15) is 0 Å². The summed E-state index contributed by atoms with van der Waals surface area (Å²) in [5, 5.41) is 0. The maximum Gasteiger partial charge on any atom is 0.0544 e. The van der Waals surface area contributed by atoms with Crippen LogP contribution >= 0.6 is 0 Å². The van der Waals surface area contributed by atoms with Gasteiger partial charge in [0.25, 0.3) is 0 Å². The van der Waals surface area contributed by atoms with Crippen LogP contribution < -0.4 is 0 Å². The van der Waals surface area contributed by atoms with Crippen molar-refractivity contribution in [2.75, 3.05) is 59.7 Å². The van der Waals surface area contributed by atoms with Crippen molar-refractivity contribution in [2.45, 2.75) is 138 Å². The first kappa shape index (κ1) is 34.0. The SMILES string of the molecule is CC.CC.CC(C)N1CCC2(CCOCC2)CC1.CC1CCC2(CC1)COC2.CN1CCC2(CCC2)CC1. The molecule has 4 nitrogen and oxygen atoms in total. The number of hydrogen-bond donors (Lipinski definition) is 0. The van der Waals surface area contributed by atoms with E-state index in [1.54, 1.807) is 0 Å². The molecule has 0 bridgehead atoms. The average Bonchev–Trinajstić information content (AvgIpc) is 2.92. The average molecular weight is 537 g/mol. The summed E-state index contributed by atoms with van der Waals surface area (Å²) in [7, 11) is 2.24. The van der Waals surface area contributed by atoms with Gasteiger partial charge in [0.2, 0.25) is 0 Å². The highest BCUT2D eigenvalue weighted by Gasteiger charge is 2.41. The van der Waals surface area contributed by atoms with Crippen LogP contribution in [0.2, 0.25) is 0 Å². The maximum absolute atomic E-state index is 5.46. The quantitative estimate of drug-likeness (QED) is 0.336. The topological polar surface area (TPSA) is 24.9 Å². The molecule has 0 aromatic rings. The lowest BCUT2D eigenvalue weighted by Crippen LogP contribution is -2.45. The lowest BCUT2D eigenvalue weighted by atomic mass is 9.63. The Labute approximate surface area is 239 Å². The molecule has 2 saturated carbocycles. The number of likely N-dealkylation sites (tertiary alicyclic amines) is 2. The predicted molar refractivity (Wildman–Crippen MR) is 165 cm³/mol. The van der Waals surface area contributed by atoms with Gasteiger partial charge in [-0.05, 0) is 128 Å². The summed E-state index contributed by atoms with van der Waals surface area (Å²) in [5.74, 6) is 0.978. The Hall–Kier alpha value is -0.160. The molecule has 0 aromatic carbocycles. The monoisotopic (exact) mass is 537 g/mol.